The van der Waals surface area contributed by atoms with Gasteiger partial charge in [-0.15, -0.1) is 0 Å². The lowest BCUT2D eigenvalue weighted by Crippen LogP contribution is -2.52. The molecule has 0 aromatic heterocycles. The van der Waals surface area contributed by atoms with Crippen LogP contribution < -0.4 is 10.6 Å². The molecule has 1 aliphatic carbocycles. The van der Waals surface area contributed by atoms with Gasteiger partial charge in [0.25, 0.3) is 0 Å². The van der Waals surface area contributed by atoms with E-state index in [-0.39, 0.29) is 18.0 Å². The van der Waals surface area contributed by atoms with Crippen LogP contribution in [0.15, 0.2) is 0 Å². The molecule has 1 fully saturated rings. The van der Waals surface area contributed by atoms with Gasteiger partial charge in [0.2, 0.25) is 0 Å². The zero-order valence-corrected chi connectivity index (χ0v) is 13.5. The SMILES string of the molecule is CCC(NC(=O)N[C@H](C(=O)O)[C@@H](C)CC)C1CCCCC1. The van der Waals surface area contributed by atoms with Gasteiger partial charge in [0, 0.05) is 6.04 Å². The van der Waals surface area contributed by atoms with Crippen molar-refractivity contribution < 1.29 is 14.7 Å². The molecule has 0 heterocycles. The minimum Gasteiger partial charge on any atom is -0.480 e. The molecule has 0 spiro atoms. The van der Waals surface area contributed by atoms with E-state index in [2.05, 4.69) is 17.6 Å². The number of carbonyl (C=O) groups is 2. The summed E-state index contributed by atoms with van der Waals surface area (Å²) in [4.78, 5) is 23.4. The first-order valence-electron chi connectivity index (χ1n) is 8.29. The number of rotatable bonds is 7. The zero-order chi connectivity index (χ0) is 15.8. The molecule has 0 saturated heterocycles. The molecular weight excluding hydrogens is 268 g/mol. The normalized spacial score (nSPS) is 20.3. The average Bonchev–Trinajstić information content (AvgIpc) is 2.50. The number of urea groups is 1. The topological polar surface area (TPSA) is 78.4 Å². The summed E-state index contributed by atoms with van der Waals surface area (Å²) < 4.78 is 0. The van der Waals surface area contributed by atoms with Crippen molar-refractivity contribution in [3.05, 3.63) is 0 Å². The molecule has 5 heteroatoms. The van der Waals surface area contributed by atoms with Crippen molar-refractivity contribution in [1.82, 2.24) is 10.6 Å². The van der Waals surface area contributed by atoms with Crippen LogP contribution in [0.4, 0.5) is 4.79 Å². The molecule has 3 N–H and O–H groups in total. The number of amides is 2. The van der Waals surface area contributed by atoms with Crippen LogP contribution in [0.3, 0.4) is 0 Å². The summed E-state index contributed by atoms with van der Waals surface area (Å²) in [7, 11) is 0. The lowest BCUT2D eigenvalue weighted by molar-refractivity contribution is -0.140. The van der Waals surface area contributed by atoms with E-state index >= 15 is 0 Å². The van der Waals surface area contributed by atoms with Gasteiger partial charge in [0.15, 0.2) is 0 Å². The van der Waals surface area contributed by atoms with Gasteiger partial charge in [0.05, 0.1) is 0 Å². The second-order valence-corrected chi connectivity index (χ2v) is 6.23. The van der Waals surface area contributed by atoms with Crippen LogP contribution in [0.1, 0.15) is 65.7 Å². The van der Waals surface area contributed by atoms with Gasteiger partial charge in [-0.1, -0.05) is 46.5 Å². The molecular formula is C16H30N2O3. The van der Waals surface area contributed by atoms with Gasteiger partial charge in [-0.25, -0.2) is 9.59 Å². The summed E-state index contributed by atoms with van der Waals surface area (Å²) in [6, 6.07) is -1.02. The summed E-state index contributed by atoms with van der Waals surface area (Å²) in [6.07, 6.45) is 7.67. The van der Waals surface area contributed by atoms with Gasteiger partial charge < -0.3 is 15.7 Å². The number of carboxylic acids is 1. The van der Waals surface area contributed by atoms with Gasteiger partial charge in [-0.3, -0.25) is 0 Å². The average molecular weight is 298 g/mol. The third-order valence-corrected chi connectivity index (χ3v) is 4.74. The lowest BCUT2D eigenvalue weighted by atomic mass is 9.83. The maximum atomic E-state index is 12.1. The molecule has 0 aromatic carbocycles. The van der Waals surface area contributed by atoms with E-state index in [0.717, 1.165) is 25.7 Å². The van der Waals surface area contributed by atoms with Gasteiger partial charge >= 0.3 is 12.0 Å². The lowest BCUT2D eigenvalue weighted by Gasteiger charge is -2.31. The molecule has 0 aromatic rings. The van der Waals surface area contributed by atoms with Crippen molar-refractivity contribution in [1.29, 1.82) is 0 Å². The smallest absolute Gasteiger partial charge is 0.326 e. The second kappa shape index (κ2) is 8.90. The Bertz CT molecular complexity index is 340. The highest BCUT2D eigenvalue weighted by molar-refractivity contribution is 5.82. The van der Waals surface area contributed by atoms with E-state index in [1.807, 2.05) is 13.8 Å². The molecule has 0 aliphatic heterocycles. The number of aliphatic carboxylic acids is 1. The Morgan fingerprint density at radius 1 is 1.10 bits per heavy atom. The van der Waals surface area contributed by atoms with Gasteiger partial charge in [-0.2, -0.15) is 0 Å². The number of carboxylic acid groups (broad SMARTS) is 1. The Kier molecular flexibility index (Phi) is 7.54. The maximum absolute atomic E-state index is 12.1. The zero-order valence-electron chi connectivity index (χ0n) is 13.5. The quantitative estimate of drug-likeness (QED) is 0.675. The van der Waals surface area contributed by atoms with Crippen molar-refractivity contribution in [2.75, 3.05) is 0 Å². The summed E-state index contributed by atoms with van der Waals surface area (Å²) >= 11 is 0. The fourth-order valence-corrected chi connectivity index (χ4v) is 3.12. The van der Waals surface area contributed by atoms with E-state index in [1.54, 1.807) is 0 Å². The highest BCUT2D eigenvalue weighted by Gasteiger charge is 2.28. The van der Waals surface area contributed by atoms with E-state index in [4.69, 9.17) is 0 Å². The Hall–Kier alpha value is -1.26. The fourth-order valence-electron chi connectivity index (χ4n) is 3.12. The van der Waals surface area contributed by atoms with Crippen LogP contribution in [-0.2, 0) is 4.79 Å². The molecule has 3 atom stereocenters. The predicted octanol–water partition coefficient (Wildman–Crippen LogP) is 3.14. The third-order valence-electron chi connectivity index (χ3n) is 4.74. The first-order chi connectivity index (χ1) is 9.99. The summed E-state index contributed by atoms with van der Waals surface area (Å²) in [5.74, 6) is -0.519. The molecule has 1 rings (SSSR count). The van der Waals surface area contributed by atoms with Crippen molar-refractivity contribution in [2.45, 2.75) is 77.8 Å². The molecule has 21 heavy (non-hydrogen) atoms. The summed E-state index contributed by atoms with van der Waals surface area (Å²) in [5.41, 5.74) is 0. The molecule has 1 unspecified atom stereocenters. The first-order valence-corrected chi connectivity index (χ1v) is 8.29. The van der Waals surface area contributed by atoms with Crippen LogP contribution in [0.25, 0.3) is 0 Å². The molecule has 0 bridgehead atoms. The predicted molar refractivity (Wildman–Crippen MR) is 83.2 cm³/mol. The van der Waals surface area contributed by atoms with E-state index < -0.39 is 12.0 Å². The highest BCUT2D eigenvalue weighted by atomic mass is 16.4. The second-order valence-electron chi connectivity index (χ2n) is 6.23. The van der Waals surface area contributed by atoms with Crippen LogP contribution >= 0.6 is 0 Å². The monoisotopic (exact) mass is 298 g/mol. The molecule has 1 saturated carbocycles. The Labute approximate surface area is 127 Å². The summed E-state index contributed by atoms with van der Waals surface area (Å²) in [6.45, 7) is 5.84. The van der Waals surface area contributed by atoms with Crippen LogP contribution in [0.2, 0.25) is 0 Å². The molecule has 122 valence electrons. The highest BCUT2D eigenvalue weighted by Crippen LogP contribution is 2.27. The van der Waals surface area contributed by atoms with Crippen LogP contribution in [-0.4, -0.2) is 29.2 Å². The number of hydrogen-bond donors (Lipinski definition) is 3. The van der Waals surface area contributed by atoms with E-state index in [9.17, 15) is 14.7 Å². The Morgan fingerprint density at radius 2 is 1.71 bits per heavy atom. The largest absolute Gasteiger partial charge is 0.480 e. The minimum atomic E-state index is -0.967. The van der Waals surface area contributed by atoms with E-state index in [0.29, 0.717) is 5.92 Å². The van der Waals surface area contributed by atoms with Gasteiger partial charge in [-0.05, 0) is 31.1 Å². The first kappa shape index (κ1) is 17.8. The molecule has 5 nitrogen and oxygen atoms in total. The maximum Gasteiger partial charge on any atom is 0.326 e. The van der Waals surface area contributed by atoms with Gasteiger partial charge in [0.1, 0.15) is 6.04 Å². The number of carbonyl (C=O) groups excluding carboxylic acids is 1. The third kappa shape index (κ3) is 5.56. The summed E-state index contributed by atoms with van der Waals surface area (Å²) in [5, 5.41) is 14.8. The fraction of sp³-hybridized carbons (Fsp3) is 0.875. The standard InChI is InChI=1S/C16H30N2O3/c1-4-11(3)14(15(19)20)18-16(21)17-13(5-2)12-9-7-6-8-10-12/h11-14H,4-10H2,1-3H3,(H,19,20)(H2,17,18,21)/t11-,13?,14-/m0/s1. The van der Waals surface area contributed by atoms with Crippen LogP contribution in [0.5, 0.6) is 0 Å². The minimum absolute atomic E-state index is 0.0805. The van der Waals surface area contributed by atoms with Crippen LogP contribution in [0, 0.1) is 11.8 Å². The molecule has 0 radical (unpaired) electrons. The van der Waals surface area contributed by atoms with Crippen molar-refractivity contribution in [2.24, 2.45) is 11.8 Å². The van der Waals surface area contributed by atoms with E-state index in [1.165, 1.54) is 19.3 Å². The van der Waals surface area contributed by atoms with Crippen molar-refractivity contribution in [3.8, 4) is 0 Å². The molecule has 1 aliphatic rings. The van der Waals surface area contributed by atoms with Crippen molar-refractivity contribution in [3.63, 3.8) is 0 Å². The number of nitrogens with one attached hydrogen (secondary N) is 2. The Morgan fingerprint density at radius 3 is 2.19 bits per heavy atom. The Balaban J connectivity index is 2.54. The van der Waals surface area contributed by atoms with Crippen molar-refractivity contribution >= 4 is 12.0 Å². The molecule has 2 amide bonds. The number of hydrogen-bond acceptors (Lipinski definition) is 2.